The molecule has 0 aliphatic carbocycles. The standard InChI is InChI=1S/C35H38ClF2N7O2/c1-21(2)44-13-6-8-25(44)20-47-35-40-28-18-42(29-9-5-7-24-10-11-27(38)32(36)31(24)29)14-12-26(28)33(41-35)43-15-16-45(34(46)23(4)37)30(19-43)22(3)17-39/h5,7,9-11,21,25,30H,3-4,6,8,12-16,18-20H2,1-2H3/t25-,30+/m0/s1. The lowest BCUT2D eigenvalue weighted by molar-refractivity contribution is -0.130. The highest BCUT2D eigenvalue weighted by molar-refractivity contribution is 6.36. The minimum Gasteiger partial charge on any atom is -0.462 e. The number of benzene rings is 2. The van der Waals surface area contributed by atoms with Gasteiger partial charge in [0.25, 0.3) is 5.91 Å². The average Bonchev–Trinajstić information content (AvgIpc) is 3.56. The normalized spacial score (nSPS) is 20.0. The van der Waals surface area contributed by atoms with E-state index in [4.69, 9.17) is 26.3 Å². The van der Waals surface area contributed by atoms with Gasteiger partial charge in [-0.1, -0.05) is 43.0 Å². The van der Waals surface area contributed by atoms with E-state index >= 15 is 0 Å². The molecule has 0 saturated carbocycles. The Hall–Kier alpha value is -4.27. The zero-order chi connectivity index (χ0) is 33.4. The van der Waals surface area contributed by atoms with Gasteiger partial charge in [0.1, 0.15) is 18.2 Å². The van der Waals surface area contributed by atoms with Gasteiger partial charge in [-0.05, 0) is 57.2 Å². The first-order valence-electron chi connectivity index (χ1n) is 16.0. The van der Waals surface area contributed by atoms with Crippen molar-refractivity contribution in [2.24, 2.45) is 0 Å². The van der Waals surface area contributed by atoms with Gasteiger partial charge in [-0.15, -0.1) is 0 Å². The van der Waals surface area contributed by atoms with Gasteiger partial charge < -0.3 is 19.4 Å². The van der Waals surface area contributed by atoms with Gasteiger partial charge in [-0.3, -0.25) is 9.69 Å². The number of nitrogens with zero attached hydrogens (tertiary/aromatic N) is 7. The summed E-state index contributed by atoms with van der Waals surface area (Å²) in [6.07, 6.45) is 2.70. The van der Waals surface area contributed by atoms with Gasteiger partial charge in [0.15, 0.2) is 5.83 Å². The van der Waals surface area contributed by atoms with Gasteiger partial charge in [0.2, 0.25) is 0 Å². The smallest absolute Gasteiger partial charge is 0.318 e. The number of rotatable bonds is 8. The quantitative estimate of drug-likeness (QED) is 0.221. The Morgan fingerprint density at radius 1 is 1.15 bits per heavy atom. The van der Waals surface area contributed by atoms with Crippen LogP contribution in [-0.4, -0.2) is 83.1 Å². The van der Waals surface area contributed by atoms with Crippen molar-refractivity contribution in [1.82, 2.24) is 19.8 Å². The molecule has 1 aromatic heterocycles. The summed E-state index contributed by atoms with van der Waals surface area (Å²) in [7, 11) is 0. The number of carbonyl (C=O) groups excluding carboxylic acids is 1. The molecule has 2 aromatic carbocycles. The van der Waals surface area contributed by atoms with E-state index in [1.165, 1.54) is 11.0 Å². The summed E-state index contributed by atoms with van der Waals surface area (Å²) in [6, 6.07) is 11.0. The molecular formula is C35H38ClF2N7O2. The maximum Gasteiger partial charge on any atom is 0.318 e. The fraction of sp³-hybridized carbons (Fsp3) is 0.429. The Morgan fingerprint density at radius 2 is 1.96 bits per heavy atom. The highest BCUT2D eigenvalue weighted by Gasteiger charge is 2.36. The molecule has 0 radical (unpaired) electrons. The third-order valence-electron chi connectivity index (χ3n) is 9.49. The number of ether oxygens (including phenoxy) is 1. The number of nitriles is 1. The maximum atomic E-state index is 14.6. The average molecular weight is 662 g/mol. The van der Waals surface area contributed by atoms with E-state index in [9.17, 15) is 18.8 Å². The van der Waals surface area contributed by atoms with Crippen LogP contribution >= 0.6 is 11.6 Å². The second kappa shape index (κ2) is 13.5. The summed E-state index contributed by atoms with van der Waals surface area (Å²) in [5.41, 5.74) is 2.64. The fourth-order valence-corrected chi connectivity index (χ4v) is 7.38. The molecule has 9 nitrogen and oxygen atoms in total. The van der Waals surface area contributed by atoms with Crippen LogP contribution in [0.2, 0.25) is 5.02 Å². The topological polar surface area (TPSA) is 88.8 Å². The van der Waals surface area contributed by atoms with E-state index in [1.807, 2.05) is 29.2 Å². The number of aromatic nitrogens is 2. The van der Waals surface area contributed by atoms with Crippen molar-refractivity contribution in [2.45, 2.75) is 57.8 Å². The predicted octanol–water partition coefficient (Wildman–Crippen LogP) is 5.82. The largest absolute Gasteiger partial charge is 0.462 e. The summed E-state index contributed by atoms with van der Waals surface area (Å²) in [4.78, 5) is 30.3. The van der Waals surface area contributed by atoms with Crippen molar-refractivity contribution in [1.29, 1.82) is 5.26 Å². The van der Waals surface area contributed by atoms with Crippen LogP contribution in [-0.2, 0) is 17.8 Å². The molecule has 3 aromatic rings. The van der Waals surface area contributed by atoms with Crippen LogP contribution in [0.5, 0.6) is 6.01 Å². The van der Waals surface area contributed by atoms with Gasteiger partial charge >= 0.3 is 6.01 Å². The zero-order valence-electron chi connectivity index (χ0n) is 26.7. The first kappa shape index (κ1) is 32.7. The van der Waals surface area contributed by atoms with Crippen molar-refractivity contribution >= 4 is 39.8 Å². The van der Waals surface area contributed by atoms with E-state index in [2.05, 4.69) is 36.8 Å². The van der Waals surface area contributed by atoms with Crippen LogP contribution in [0.4, 0.5) is 20.3 Å². The Kier molecular flexibility index (Phi) is 9.35. The highest BCUT2D eigenvalue weighted by atomic mass is 35.5. The SMILES string of the molecule is C=C(F)C(=O)N1CCN(c2nc(OC[C@@H]3CCCN3C(C)C)nc3c2CCN(c2cccc4ccc(F)c(Cl)c24)C3)C[C@@H]1C(=C)C#N. The van der Waals surface area contributed by atoms with Crippen molar-refractivity contribution in [3.05, 3.63) is 77.0 Å². The molecule has 3 aliphatic rings. The molecule has 0 unspecified atom stereocenters. The number of piperazine rings is 1. The first-order valence-corrected chi connectivity index (χ1v) is 16.3. The third kappa shape index (κ3) is 6.36. The molecule has 246 valence electrons. The van der Waals surface area contributed by atoms with Crippen LogP contribution in [0.25, 0.3) is 10.8 Å². The van der Waals surface area contributed by atoms with Crippen LogP contribution in [0.1, 0.15) is 37.9 Å². The number of fused-ring (bicyclic) bond motifs is 2. The second-order valence-corrected chi connectivity index (χ2v) is 13.0. The van der Waals surface area contributed by atoms with Crippen LogP contribution in [0, 0.1) is 17.1 Å². The number of carbonyl (C=O) groups is 1. The minimum atomic E-state index is -1.08. The fourth-order valence-electron chi connectivity index (χ4n) is 7.11. The molecule has 0 N–H and O–H groups in total. The lowest BCUT2D eigenvalue weighted by Gasteiger charge is -2.42. The molecule has 2 atom stereocenters. The van der Waals surface area contributed by atoms with Crippen LogP contribution in [0.3, 0.4) is 0 Å². The number of likely N-dealkylation sites (tertiary alicyclic amines) is 1. The van der Waals surface area contributed by atoms with Crippen molar-refractivity contribution in [2.75, 3.05) is 49.1 Å². The summed E-state index contributed by atoms with van der Waals surface area (Å²) in [5, 5.41) is 11.3. The summed E-state index contributed by atoms with van der Waals surface area (Å²) < 4.78 is 34.9. The molecule has 1 amide bonds. The van der Waals surface area contributed by atoms with Crippen LogP contribution in [0.15, 0.2) is 54.9 Å². The maximum absolute atomic E-state index is 14.6. The van der Waals surface area contributed by atoms with Crippen LogP contribution < -0.4 is 14.5 Å². The van der Waals surface area contributed by atoms with Gasteiger partial charge in [-0.25, -0.2) is 8.78 Å². The van der Waals surface area contributed by atoms with Gasteiger partial charge in [-0.2, -0.15) is 15.2 Å². The molecule has 2 saturated heterocycles. The minimum absolute atomic E-state index is 0.0784. The van der Waals surface area contributed by atoms with Crippen molar-refractivity contribution in [3.8, 4) is 12.1 Å². The summed E-state index contributed by atoms with van der Waals surface area (Å²) in [5.74, 6) is -1.76. The summed E-state index contributed by atoms with van der Waals surface area (Å²) in [6.45, 7) is 14.5. The Labute approximate surface area is 278 Å². The Bertz CT molecular complexity index is 1780. The molecule has 0 spiro atoms. The van der Waals surface area contributed by atoms with E-state index < -0.39 is 23.6 Å². The molecule has 47 heavy (non-hydrogen) atoms. The molecule has 0 bridgehead atoms. The number of amides is 1. The Morgan fingerprint density at radius 3 is 2.70 bits per heavy atom. The van der Waals surface area contributed by atoms with Crippen molar-refractivity contribution in [3.63, 3.8) is 0 Å². The molecule has 4 heterocycles. The van der Waals surface area contributed by atoms with E-state index in [0.29, 0.717) is 49.9 Å². The monoisotopic (exact) mass is 661 g/mol. The molecular weight excluding hydrogens is 624 g/mol. The zero-order valence-corrected chi connectivity index (χ0v) is 27.4. The third-order valence-corrected chi connectivity index (χ3v) is 9.86. The number of hydrogen-bond acceptors (Lipinski definition) is 8. The number of hydrogen-bond donors (Lipinski definition) is 0. The molecule has 12 heteroatoms. The molecule has 6 rings (SSSR count). The van der Waals surface area contributed by atoms with E-state index in [0.717, 1.165) is 41.7 Å². The number of anilines is 2. The highest BCUT2D eigenvalue weighted by Crippen LogP contribution is 2.38. The second-order valence-electron chi connectivity index (χ2n) is 12.6. The van der Waals surface area contributed by atoms with Gasteiger partial charge in [0, 0.05) is 60.5 Å². The molecule has 2 fully saturated rings. The number of halogens is 3. The van der Waals surface area contributed by atoms with Crippen molar-refractivity contribution < 1.29 is 18.3 Å². The lowest BCUT2D eigenvalue weighted by Crippen LogP contribution is -2.56. The van der Waals surface area contributed by atoms with Gasteiger partial charge in [0.05, 0.1) is 29.4 Å². The summed E-state index contributed by atoms with van der Waals surface area (Å²) >= 11 is 6.50. The molecule has 3 aliphatic heterocycles. The lowest BCUT2D eigenvalue weighted by atomic mass is 10.00. The Balaban J connectivity index is 1.36. The van der Waals surface area contributed by atoms with E-state index in [-0.39, 0.29) is 35.7 Å². The first-order chi connectivity index (χ1) is 22.6. The van der Waals surface area contributed by atoms with E-state index in [1.54, 1.807) is 6.07 Å². The predicted molar refractivity (Wildman–Crippen MR) is 179 cm³/mol.